The quantitative estimate of drug-likeness (QED) is 0.600. The highest BCUT2D eigenvalue weighted by atomic mass is 16.5. The van der Waals surface area contributed by atoms with Gasteiger partial charge in [-0.15, -0.1) is 0 Å². The largest absolute Gasteiger partial charge is 0.480 e. The lowest BCUT2D eigenvalue weighted by molar-refractivity contribution is -0.149. The molecule has 6 nitrogen and oxygen atoms in total. The Morgan fingerprint density at radius 2 is 2.00 bits per heavy atom. The van der Waals surface area contributed by atoms with Gasteiger partial charge in [-0.05, 0) is 26.2 Å². The molecule has 0 heterocycles. The lowest BCUT2D eigenvalue weighted by Gasteiger charge is -2.27. The van der Waals surface area contributed by atoms with Crippen LogP contribution < -0.4 is 5.32 Å². The van der Waals surface area contributed by atoms with Crippen LogP contribution in [0.1, 0.15) is 33.1 Å². The second kappa shape index (κ2) is 8.05. The van der Waals surface area contributed by atoms with E-state index in [0.717, 1.165) is 0 Å². The lowest BCUT2D eigenvalue weighted by Crippen LogP contribution is -2.51. The predicted octanol–water partition coefficient (Wildman–Crippen LogP) is 0.798. The molecule has 6 heteroatoms. The first-order chi connectivity index (χ1) is 8.41. The van der Waals surface area contributed by atoms with Crippen molar-refractivity contribution in [3.63, 3.8) is 0 Å². The number of hydrogen-bond acceptors (Lipinski definition) is 4. The van der Waals surface area contributed by atoms with E-state index in [1.807, 2.05) is 6.92 Å². The number of nitrogens with one attached hydrogen (secondary N) is 1. The summed E-state index contributed by atoms with van der Waals surface area (Å²) in [4.78, 5) is 23.0. The molecular formula is C12H23NO5. The van der Waals surface area contributed by atoms with Crippen molar-refractivity contribution in [1.29, 1.82) is 0 Å². The number of carboxylic acid groups (broad SMARTS) is 1. The summed E-state index contributed by atoms with van der Waals surface area (Å²) in [5.41, 5.74) is -0.991. The topological polar surface area (TPSA) is 84.9 Å². The maximum Gasteiger partial charge on any atom is 0.326 e. The standard InChI is InChI=1S/C12H23NO5/c1-5-12(2,18-4)11(16)13-9(10(14)15)7-6-8-17-3/h9H,5-8H2,1-4H3,(H,13,16)(H,14,15). The molecule has 18 heavy (non-hydrogen) atoms. The van der Waals surface area contributed by atoms with Gasteiger partial charge >= 0.3 is 5.97 Å². The molecule has 0 radical (unpaired) electrons. The van der Waals surface area contributed by atoms with E-state index in [2.05, 4.69) is 5.32 Å². The monoisotopic (exact) mass is 261 g/mol. The fourth-order valence-corrected chi connectivity index (χ4v) is 1.40. The Bertz CT molecular complexity index is 276. The van der Waals surface area contributed by atoms with Gasteiger partial charge in [0.2, 0.25) is 0 Å². The van der Waals surface area contributed by atoms with E-state index in [9.17, 15) is 9.59 Å². The van der Waals surface area contributed by atoms with Crippen LogP contribution in [0.5, 0.6) is 0 Å². The summed E-state index contributed by atoms with van der Waals surface area (Å²) in [5.74, 6) is -1.45. The Hall–Kier alpha value is -1.14. The number of hydrogen-bond donors (Lipinski definition) is 2. The maximum absolute atomic E-state index is 11.9. The van der Waals surface area contributed by atoms with Gasteiger partial charge in [0.05, 0.1) is 0 Å². The van der Waals surface area contributed by atoms with Crippen molar-refractivity contribution in [1.82, 2.24) is 5.32 Å². The van der Waals surface area contributed by atoms with E-state index >= 15 is 0 Å². The van der Waals surface area contributed by atoms with Crippen LogP contribution in [0.25, 0.3) is 0 Å². The van der Waals surface area contributed by atoms with E-state index < -0.39 is 23.5 Å². The zero-order valence-corrected chi connectivity index (χ0v) is 11.5. The molecule has 0 bridgehead atoms. The Morgan fingerprint density at radius 1 is 1.39 bits per heavy atom. The molecule has 0 spiro atoms. The Kier molecular flexibility index (Phi) is 7.54. The third kappa shape index (κ3) is 5.01. The van der Waals surface area contributed by atoms with Crippen LogP contribution in [0.2, 0.25) is 0 Å². The van der Waals surface area contributed by atoms with Gasteiger partial charge in [-0.1, -0.05) is 6.92 Å². The highest BCUT2D eigenvalue weighted by Crippen LogP contribution is 2.14. The number of aliphatic carboxylic acids is 1. The molecule has 0 aliphatic heterocycles. The summed E-state index contributed by atoms with van der Waals surface area (Å²) < 4.78 is 9.98. The molecule has 0 aliphatic carbocycles. The van der Waals surface area contributed by atoms with Gasteiger partial charge in [0, 0.05) is 20.8 Å². The van der Waals surface area contributed by atoms with Gasteiger partial charge < -0.3 is 19.9 Å². The fourth-order valence-electron chi connectivity index (χ4n) is 1.40. The molecular weight excluding hydrogens is 238 g/mol. The van der Waals surface area contributed by atoms with Crippen LogP contribution >= 0.6 is 0 Å². The molecule has 0 saturated heterocycles. The maximum atomic E-state index is 11.9. The van der Waals surface area contributed by atoms with Crippen molar-refractivity contribution in [2.45, 2.75) is 44.8 Å². The third-order valence-corrected chi connectivity index (χ3v) is 3.05. The molecule has 0 aromatic rings. The Labute approximate surface area is 108 Å². The Balaban J connectivity index is 4.49. The number of carboxylic acids is 1. The molecule has 2 atom stereocenters. The minimum Gasteiger partial charge on any atom is -0.480 e. The number of amides is 1. The molecule has 0 rings (SSSR count). The zero-order valence-electron chi connectivity index (χ0n) is 11.5. The molecule has 1 amide bonds. The summed E-state index contributed by atoms with van der Waals surface area (Å²) >= 11 is 0. The van der Waals surface area contributed by atoms with Gasteiger partial charge in [-0.2, -0.15) is 0 Å². The number of ether oxygens (including phenoxy) is 2. The number of carbonyl (C=O) groups excluding carboxylic acids is 1. The van der Waals surface area contributed by atoms with Gasteiger partial charge in [-0.25, -0.2) is 4.79 Å². The lowest BCUT2D eigenvalue weighted by atomic mass is 10.0. The van der Waals surface area contributed by atoms with Crippen molar-refractivity contribution in [2.24, 2.45) is 0 Å². The molecule has 0 aromatic heterocycles. The fraction of sp³-hybridized carbons (Fsp3) is 0.833. The van der Waals surface area contributed by atoms with E-state index in [0.29, 0.717) is 25.9 Å². The van der Waals surface area contributed by atoms with Crippen LogP contribution in [0.4, 0.5) is 0 Å². The SMILES string of the molecule is CCC(C)(OC)C(=O)NC(CCCOC)C(=O)O. The number of carbonyl (C=O) groups is 2. The highest BCUT2D eigenvalue weighted by molar-refractivity contribution is 5.88. The minimum atomic E-state index is -1.05. The zero-order chi connectivity index (χ0) is 14.2. The third-order valence-electron chi connectivity index (χ3n) is 3.05. The van der Waals surface area contributed by atoms with Crippen molar-refractivity contribution < 1.29 is 24.2 Å². The first-order valence-corrected chi connectivity index (χ1v) is 5.99. The van der Waals surface area contributed by atoms with Gasteiger partial charge in [-0.3, -0.25) is 4.79 Å². The molecule has 0 fully saturated rings. The van der Waals surface area contributed by atoms with Gasteiger partial charge in [0.25, 0.3) is 5.91 Å². The summed E-state index contributed by atoms with van der Waals surface area (Å²) in [6.07, 6.45) is 1.38. The Morgan fingerprint density at radius 3 is 2.39 bits per heavy atom. The second-order valence-corrected chi connectivity index (χ2v) is 4.29. The molecule has 2 unspecified atom stereocenters. The molecule has 2 N–H and O–H groups in total. The summed E-state index contributed by atoms with van der Waals surface area (Å²) in [6.45, 7) is 3.91. The minimum absolute atomic E-state index is 0.332. The van der Waals surface area contributed by atoms with E-state index in [-0.39, 0.29) is 0 Å². The average molecular weight is 261 g/mol. The first kappa shape index (κ1) is 16.9. The highest BCUT2D eigenvalue weighted by Gasteiger charge is 2.33. The molecule has 0 saturated carbocycles. The van der Waals surface area contributed by atoms with E-state index in [4.69, 9.17) is 14.6 Å². The van der Waals surface area contributed by atoms with Crippen molar-refractivity contribution in [2.75, 3.05) is 20.8 Å². The van der Waals surface area contributed by atoms with Crippen LogP contribution in [0.3, 0.4) is 0 Å². The van der Waals surface area contributed by atoms with E-state index in [1.54, 1.807) is 14.0 Å². The first-order valence-electron chi connectivity index (χ1n) is 5.99. The predicted molar refractivity (Wildman–Crippen MR) is 66.4 cm³/mol. The van der Waals surface area contributed by atoms with Crippen LogP contribution in [0, 0.1) is 0 Å². The van der Waals surface area contributed by atoms with Crippen LogP contribution in [-0.2, 0) is 19.1 Å². The van der Waals surface area contributed by atoms with Crippen molar-refractivity contribution >= 4 is 11.9 Å². The summed E-state index contributed by atoms with van der Waals surface area (Å²) in [6, 6.07) is -0.909. The van der Waals surface area contributed by atoms with Crippen molar-refractivity contribution in [3.05, 3.63) is 0 Å². The van der Waals surface area contributed by atoms with E-state index in [1.165, 1.54) is 7.11 Å². The van der Waals surface area contributed by atoms with Crippen molar-refractivity contribution in [3.8, 4) is 0 Å². The molecule has 0 aromatic carbocycles. The smallest absolute Gasteiger partial charge is 0.326 e. The average Bonchev–Trinajstić information content (AvgIpc) is 2.36. The number of rotatable bonds is 9. The van der Waals surface area contributed by atoms with Gasteiger partial charge in [0.15, 0.2) is 0 Å². The molecule has 0 aliphatic rings. The van der Waals surface area contributed by atoms with Gasteiger partial charge in [0.1, 0.15) is 11.6 Å². The normalized spacial score (nSPS) is 15.8. The number of methoxy groups -OCH3 is 2. The molecule has 106 valence electrons. The second-order valence-electron chi connectivity index (χ2n) is 4.29. The summed E-state index contributed by atoms with van der Waals surface area (Å²) in [5, 5.41) is 11.5. The summed E-state index contributed by atoms with van der Waals surface area (Å²) in [7, 11) is 2.98. The van der Waals surface area contributed by atoms with Crippen LogP contribution in [0.15, 0.2) is 0 Å². The van der Waals surface area contributed by atoms with Crippen LogP contribution in [-0.4, -0.2) is 49.5 Å².